The Morgan fingerprint density at radius 1 is 1.36 bits per heavy atom. The number of esters is 1. The lowest BCUT2D eigenvalue weighted by atomic mass is 10.1. The van der Waals surface area contributed by atoms with E-state index in [1.165, 1.54) is 7.11 Å². The summed E-state index contributed by atoms with van der Waals surface area (Å²) in [5.41, 5.74) is 1.48. The molecule has 1 aliphatic rings. The molecule has 2 aromatic rings. The van der Waals surface area contributed by atoms with Gasteiger partial charge in [0.1, 0.15) is 11.1 Å². The average molecular weight is 317 g/mol. The van der Waals surface area contributed by atoms with E-state index in [0.29, 0.717) is 17.9 Å². The molecule has 1 atom stereocenters. The van der Waals surface area contributed by atoms with Crippen molar-refractivity contribution in [3.8, 4) is 0 Å². The molecule has 1 aromatic heterocycles. The Morgan fingerprint density at radius 3 is 2.77 bits per heavy atom. The number of amides is 1. The third kappa shape index (κ3) is 2.87. The van der Waals surface area contributed by atoms with Crippen LogP contribution in [0, 0.1) is 0 Å². The van der Waals surface area contributed by atoms with Gasteiger partial charge in [-0.2, -0.15) is 0 Å². The average Bonchev–Trinajstić information content (AvgIpc) is 3.18. The molecule has 6 heteroatoms. The first-order valence-corrected chi connectivity index (χ1v) is 7.85. The molecular formula is C16H15NO4S. The molecule has 0 radical (unpaired) electrons. The topological polar surface area (TPSA) is 59.8 Å². The molecule has 1 aromatic carbocycles. The van der Waals surface area contributed by atoms with Gasteiger partial charge >= 0.3 is 5.97 Å². The molecule has 1 amide bonds. The molecule has 114 valence electrons. The highest BCUT2D eigenvalue weighted by Crippen LogP contribution is 2.39. The predicted octanol–water partition coefficient (Wildman–Crippen LogP) is 2.84. The van der Waals surface area contributed by atoms with Crippen LogP contribution in [0.1, 0.15) is 27.1 Å². The first-order chi connectivity index (χ1) is 10.7. The minimum Gasteiger partial charge on any atom is -0.467 e. The minimum absolute atomic E-state index is 0.0655. The van der Waals surface area contributed by atoms with Crippen molar-refractivity contribution in [1.29, 1.82) is 0 Å². The number of thioether (sulfide) groups is 1. The van der Waals surface area contributed by atoms with Crippen molar-refractivity contribution in [2.24, 2.45) is 0 Å². The molecule has 1 saturated heterocycles. The zero-order chi connectivity index (χ0) is 15.5. The Kier molecular flexibility index (Phi) is 4.20. The van der Waals surface area contributed by atoms with Gasteiger partial charge in [-0.25, -0.2) is 4.79 Å². The smallest absolute Gasteiger partial charge is 0.337 e. The summed E-state index contributed by atoms with van der Waals surface area (Å²) in [5, 5.41) is -0.0655. The van der Waals surface area contributed by atoms with Gasteiger partial charge in [0.25, 0.3) is 0 Å². The van der Waals surface area contributed by atoms with Crippen LogP contribution >= 0.6 is 11.8 Å². The van der Waals surface area contributed by atoms with Crippen LogP contribution in [0.3, 0.4) is 0 Å². The Hall–Kier alpha value is -2.21. The summed E-state index contributed by atoms with van der Waals surface area (Å²) in [4.78, 5) is 25.4. The minimum atomic E-state index is -0.367. The summed E-state index contributed by atoms with van der Waals surface area (Å²) >= 11 is 1.57. The van der Waals surface area contributed by atoms with E-state index < -0.39 is 0 Å². The Labute approximate surface area is 132 Å². The molecule has 3 rings (SSSR count). The van der Waals surface area contributed by atoms with E-state index in [2.05, 4.69) is 4.74 Å². The molecule has 2 heterocycles. The normalized spacial score (nSPS) is 17.8. The number of ether oxygens (including phenoxy) is 1. The second kappa shape index (κ2) is 6.27. The highest BCUT2D eigenvalue weighted by atomic mass is 32.2. The first-order valence-electron chi connectivity index (χ1n) is 6.81. The first kappa shape index (κ1) is 14.7. The van der Waals surface area contributed by atoms with Crippen molar-refractivity contribution < 1.29 is 18.7 Å². The fourth-order valence-corrected chi connectivity index (χ4v) is 3.56. The second-order valence-corrected chi connectivity index (χ2v) is 5.95. The van der Waals surface area contributed by atoms with Crippen molar-refractivity contribution in [1.82, 2.24) is 4.90 Å². The van der Waals surface area contributed by atoms with E-state index in [1.807, 2.05) is 24.3 Å². The van der Waals surface area contributed by atoms with Gasteiger partial charge in [0.05, 0.1) is 31.2 Å². The lowest BCUT2D eigenvalue weighted by Crippen LogP contribution is -2.27. The third-order valence-electron chi connectivity index (χ3n) is 3.49. The van der Waals surface area contributed by atoms with Crippen molar-refractivity contribution in [3.63, 3.8) is 0 Å². The Balaban J connectivity index is 1.80. The molecule has 0 saturated carbocycles. The quantitative estimate of drug-likeness (QED) is 0.812. The Morgan fingerprint density at radius 2 is 2.14 bits per heavy atom. The van der Waals surface area contributed by atoms with Crippen LogP contribution in [-0.4, -0.2) is 29.6 Å². The van der Waals surface area contributed by atoms with E-state index >= 15 is 0 Å². The van der Waals surface area contributed by atoms with Crippen molar-refractivity contribution in [2.75, 3.05) is 12.9 Å². The SMILES string of the molecule is COC(=O)c1ccc([C@@H]2SCC(=O)N2Cc2ccco2)cc1. The number of benzene rings is 1. The van der Waals surface area contributed by atoms with Gasteiger partial charge < -0.3 is 14.1 Å². The molecule has 0 unspecified atom stereocenters. The lowest BCUT2D eigenvalue weighted by Gasteiger charge is -2.23. The standard InChI is InChI=1S/C16H15NO4S/c1-20-16(19)12-6-4-11(5-7-12)15-17(14(18)10-22-15)9-13-3-2-8-21-13/h2-8,15H,9-10H2,1H3/t15-/m0/s1. The third-order valence-corrected chi connectivity index (χ3v) is 4.75. The second-order valence-electron chi connectivity index (χ2n) is 4.88. The van der Waals surface area contributed by atoms with Gasteiger partial charge in [0.2, 0.25) is 5.91 Å². The van der Waals surface area contributed by atoms with E-state index in [0.717, 1.165) is 11.3 Å². The lowest BCUT2D eigenvalue weighted by molar-refractivity contribution is -0.128. The van der Waals surface area contributed by atoms with E-state index in [1.54, 1.807) is 35.1 Å². The number of nitrogens with zero attached hydrogens (tertiary/aromatic N) is 1. The number of furan rings is 1. The van der Waals surface area contributed by atoms with Crippen LogP contribution in [0.15, 0.2) is 47.1 Å². The van der Waals surface area contributed by atoms with Crippen molar-refractivity contribution >= 4 is 23.6 Å². The fourth-order valence-electron chi connectivity index (χ4n) is 2.37. The van der Waals surface area contributed by atoms with Crippen LogP contribution in [0.2, 0.25) is 0 Å². The highest BCUT2D eigenvalue weighted by Gasteiger charge is 2.33. The van der Waals surface area contributed by atoms with Gasteiger partial charge in [0, 0.05) is 0 Å². The maximum Gasteiger partial charge on any atom is 0.337 e. The molecule has 0 N–H and O–H groups in total. The summed E-state index contributed by atoms with van der Waals surface area (Å²) in [6, 6.07) is 10.8. The number of carbonyl (C=O) groups excluding carboxylic acids is 2. The summed E-state index contributed by atoms with van der Waals surface area (Å²) < 4.78 is 10.0. The van der Waals surface area contributed by atoms with Crippen LogP contribution in [0.25, 0.3) is 0 Å². The summed E-state index contributed by atoms with van der Waals surface area (Å²) in [7, 11) is 1.35. The van der Waals surface area contributed by atoms with Crippen molar-refractivity contribution in [2.45, 2.75) is 11.9 Å². The largest absolute Gasteiger partial charge is 0.467 e. The number of carbonyl (C=O) groups is 2. The molecule has 1 fully saturated rings. The van der Waals surface area contributed by atoms with Crippen LogP contribution < -0.4 is 0 Å². The van der Waals surface area contributed by atoms with Gasteiger partial charge in [-0.1, -0.05) is 12.1 Å². The molecule has 0 aliphatic carbocycles. The number of methoxy groups -OCH3 is 1. The van der Waals surface area contributed by atoms with E-state index in [4.69, 9.17) is 4.42 Å². The monoisotopic (exact) mass is 317 g/mol. The van der Waals surface area contributed by atoms with Crippen LogP contribution in [0.5, 0.6) is 0 Å². The predicted molar refractivity (Wildman–Crippen MR) is 82.2 cm³/mol. The zero-order valence-corrected chi connectivity index (χ0v) is 12.8. The van der Waals surface area contributed by atoms with E-state index in [9.17, 15) is 9.59 Å². The van der Waals surface area contributed by atoms with Gasteiger partial charge in [-0.3, -0.25) is 4.79 Å². The number of rotatable bonds is 4. The zero-order valence-electron chi connectivity index (χ0n) is 12.0. The maximum absolute atomic E-state index is 12.1. The van der Waals surface area contributed by atoms with Crippen LogP contribution in [-0.2, 0) is 16.1 Å². The summed E-state index contributed by atoms with van der Waals surface area (Å²) in [6.07, 6.45) is 1.60. The van der Waals surface area contributed by atoms with Crippen molar-refractivity contribution in [3.05, 3.63) is 59.5 Å². The number of hydrogen-bond acceptors (Lipinski definition) is 5. The van der Waals surface area contributed by atoms with E-state index in [-0.39, 0.29) is 17.3 Å². The maximum atomic E-state index is 12.1. The Bertz CT molecular complexity index is 666. The van der Waals surface area contributed by atoms with Crippen LogP contribution in [0.4, 0.5) is 0 Å². The molecule has 1 aliphatic heterocycles. The fraction of sp³-hybridized carbons (Fsp3) is 0.250. The summed E-state index contributed by atoms with van der Waals surface area (Å²) in [5.74, 6) is 0.925. The highest BCUT2D eigenvalue weighted by molar-refractivity contribution is 8.00. The molecule has 0 spiro atoms. The number of hydrogen-bond donors (Lipinski definition) is 0. The van der Waals surface area contributed by atoms with Gasteiger partial charge in [-0.05, 0) is 29.8 Å². The molecule has 22 heavy (non-hydrogen) atoms. The van der Waals surface area contributed by atoms with Gasteiger partial charge in [-0.15, -0.1) is 11.8 Å². The summed E-state index contributed by atoms with van der Waals surface area (Å²) in [6.45, 7) is 0.447. The molecular weight excluding hydrogens is 302 g/mol. The van der Waals surface area contributed by atoms with Gasteiger partial charge in [0.15, 0.2) is 0 Å². The molecule has 5 nitrogen and oxygen atoms in total. The molecule has 0 bridgehead atoms.